The van der Waals surface area contributed by atoms with Crippen LogP contribution in [0.1, 0.15) is 19.3 Å². The number of hydrogen-bond donors (Lipinski definition) is 0. The molecule has 0 N–H and O–H groups in total. The third kappa shape index (κ3) is 4.21. The van der Waals surface area contributed by atoms with Gasteiger partial charge in [-0.15, -0.1) is 0 Å². The van der Waals surface area contributed by atoms with Crippen LogP contribution < -0.4 is 0 Å². The molecule has 2 rings (SSSR count). The molecule has 22 heavy (non-hydrogen) atoms. The van der Waals surface area contributed by atoms with E-state index in [1.165, 1.54) is 27.2 Å². The first kappa shape index (κ1) is 17.2. The largest absolute Gasteiger partial charge is 0.348 e. The Kier molecular flexibility index (Phi) is 5.82. The number of pyridine rings is 1. The second-order valence-electron chi connectivity index (χ2n) is 5.37. The van der Waals surface area contributed by atoms with Gasteiger partial charge in [-0.25, -0.2) is 13.4 Å². The first-order chi connectivity index (χ1) is 10.4. The highest BCUT2D eigenvalue weighted by atomic mass is 32.2. The second kappa shape index (κ2) is 7.43. The third-order valence-corrected chi connectivity index (χ3v) is 6.32. The third-order valence-electron chi connectivity index (χ3n) is 3.50. The number of hydrogen-bond acceptors (Lipinski definition) is 5. The van der Waals surface area contributed by atoms with Crippen LogP contribution in [-0.4, -0.2) is 61.5 Å². The fraction of sp³-hybridized carbons (Fsp3) is 0.571. The summed E-state index contributed by atoms with van der Waals surface area (Å²) in [5, 5.41) is 0.646. The molecule has 2 heterocycles. The minimum absolute atomic E-state index is 0.00295. The Morgan fingerprint density at radius 3 is 2.50 bits per heavy atom. The Balaban J connectivity index is 2.03. The molecule has 1 amide bonds. The summed E-state index contributed by atoms with van der Waals surface area (Å²) in [6, 6.07) is 3.23. The summed E-state index contributed by atoms with van der Waals surface area (Å²) in [7, 11) is -0.0391. The fourth-order valence-corrected chi connectivity index (χ4v) is 4.41. The Hall–Kier alpha value is -1.12. The molecule has 0 unspecified atom stereocenters. The first-order valence-corrected chi connectivity index (χ1v) is 9.63. The van der Waals surface area contributed by atoms with Crippen molar-refractivity contribution in [1.29, 1.82) is 0 Å². The highest BCUT2D eigenvalue weighted by molar-refractivity contribution is 7.99. The van der Waals surface area contributed by atoms with E-state index >= 15 is 0 Å². The maximum absolute atomic E-state index is 12.5. The normalized spacial score (nSPS) is 16.5. The molecule has 1 aliphatic rings. The zero-order chi connectivity index (χ0) is 16.2. The fourth-order valence-electron chi connectivity index (χ4n) is 2.12. The summed E-state index contributed by atoms with van der Waals surface area (Å²) in [6.07, 6.45) is 4.28. The Morgan fingerprint density at radius 2 is 1.95 bits per heavy atom. The van der Waals surface area contributed by atoms with Gasteiger partial charge >= 0.3 is 0 Å². The monoisotopic (exact) mass is 343 g/mol. The minimum atomic E-state index is -3.44. The van der Waals surface area contributed by atoms with Gasteiger partial charge in [-0.1, -0.05) is 18.2 Å². The van der Waals surface area contributed by atoms with Crippen LogP contribution in [0.3, 0.4) is 0 Å². The number of sulfonamides is 1. The summed E-state index contributed by atoms with van der Waals surface area (Å²) >= 11 is 1.30. The quantitative estimate of drug-likeness (QED) is 0.757. The maximum atomic E-state index is 12.5. The zero-order valence-electron chi connectivity index (χ0n) is 12.9. The molecule has 6 nitrogen and oxygen atoms in total. The molecular weight excluding hydrogens is 322 g/mol. The van der Waals surface area contributed by atoms with E-state index in [-0.39, 0.29) is 16.6 Å². The lowest BCUT2D eigenvalue weighted by Gasteiger charge is -2.25. The average molecular weight is 343 g/mol. The molecule has 1 aromatic heterocycles. The number of aromatic nitrogens is 1. The number of rotatable bonds is 5. The standard InChI is InChI=1S/C14H21N3O3S2/c1-16(2)14(18)11-21-13-7-6-12(10-15-13)22(19,20)17-8-4-3-5-9-17/h6-7,10H,3-5,8-9,11H2,1-2H3. The van der Waals surface area contributed by atoms with Crippen molar-refractivity contribution in [1.82, 2.24) is 14.2 Å². The number of carbonyl (C=O) groups excluding carboxylic acids is 1. The van der Waals surface area contributed by atoms with Crippen molar-refractivity contribution in [3.8, 4) is 0 Å². The van der Waals surface area contributed by atoms with Crippen LogP contribution in [-0.2, 0) is 14.8 Å². The lowest BCUT2D eigenvalue weighted by molar-refractivity contribution is -0.125. The molecule has 1 saturated heterocycles. The van der Waals surface area contributed by atoms with Crippen molar-refractivity contribution in [3.63, 3.8) is 0 Å². The predicted octanol–water partition coefficient (Wildman–Crippen LogP) is 1.44. The van der Waals surface area contributed by atoms with Crippen molar-refractivity contribution in [3.05, 3.63) is 18.3 Å². The van der Waals surface area contributed by atoms with Crippen LogP contribution >= 0.6 is 11.8 Å². The van der Waals surface area contributed by atoms with E-state index in [2.05, 4.69) is 4.98 Å². The smallest absolute Gasteiger partial charge is 0.244 e. The summed E-state index contributed by atoms with van der Waals surface area (Å²) < 4.78 is 26.5. The highest BCUT2D eigenvalue weighted by Gasteiger charge is 2.26. The van der Waals surface area contributed by atoms with Crippen molar-refractivity contribution in [2.75, 3.05) is 32.9 Å². The summed E-state index contributed by atoms with van der Waals surface area (Å²) in [5.74, 6) is 0.287. The molecular formula is C14H21N3O3S2. The van der Waals surface area contributed by atoms with E-state index in [1.807, 2.05) is 0 Å². The molecule has 0 aromatic carbocycles. The molecule has 0 saturated carbocycles. The van der Waals surface area contributed by atoms with Crippen LogP contribution in [0, 0.1) is 0 Å². The van der Waals surface area contributed by atoms with Gasteiger partial charge in [0.25, 0.3) is 0 Å². The molecule has 8 heteroatoms. The predicted molar refractivity (Wildman–Crippen MR) is 86.3 cm³/mol. The van der Waals surface area contributed by atoms with Gasteiger partial charge in [-0.2, -0.15) is 4.31 Å². The van der Waals surface area contributed by atoms with E-state index in [9.17, 15) is 13.2 Å². The number of carbonyl (C=O) groups is 1. The second-order valence-corrected chi connectivity index (χ2v) is 8.31. The number of piperidine rings is 1. The van der Waals surface area contributed by atoms with Gasteiger partial charge in [0.2, 0.25) is 15.9 Å². The van der Waals surface area contributed by atoms with Gasteiger partial charge in [0, 0.05) is 33.4 Å². The van der Waals surface area contributed by atoms with Crippen molar-refractivity contribution >= 4 is 27.7 Å². The summed E-state index contributed by atoms with van der Waals surface area (Å²) in [4.78, 5) is 17.4. The molecule has 1 aliphatic heterocycles. The van der Waals surface area contributed by atoms with E-state index in [0.29, 0.717) is 18.1 Å². The lowest BCUT2D eigenvalue weighted by Crippen LogP contribution is -2.35. The van der Waals surface area contributed by atoms with Gasteiger partial charge in [0.15, 0.2) is 0 Å². The van der Waals surface area contributed by atoms with Gasteiger partial charge in [-0.3, -0.25) is 4.79 Å². The van der Waals surface area contributed by atoms with Gasteiger partial charge in [0.05, 0.1) is 10.8 Å². The van der Waals surface area contributed by atoms with Crippen LogP contribution in [0.4, 0.5) is 0 Å². The van der Waals surface area contributed by atoms with Gasteiger partial charge in [-0.05, 0) is 25.0 Å². The topological polar surface area (TPSA) is 70.6 Å². The number of nitrogens with zero attached hydrogens (tertiary/aromatic N) is 3. The molecule has 0 spiro atoms. The molecule has 122 valence electrons. The first-order valence-electron chi connectivity index (χ1n) is 7.20. The summed E-state index contributed by atoms with van der Waals surface area (Å²) in [5.41, 5.74) is 0. The Bertz CT molecular complexity index is 609. The van der Waals surface area contributed by atoms with E-state index in [0.717, 1.165) is 19.3 Å². The van der Waals surface area contributed by atoms with Crippen molar-refractivity contribution in [2.24, 2.45) is 0 Å². The maximum Gasteiger partial charge on any atom is 0.244 e. The highest BCUT2D eigenvalue weighted by Crippen LogP contribution is 2.22. The van der Waals surface area contributed by atoms with Crippen molar-refractivity contribution < 1.29 is 13.2 Å². The minimum Gasteiger partial charge on any atom is -0.348 e. The SMILES string of the molecule is CN(C)C(=O)CSc1ccc(S(=O)(=O)N2CCCCC2)cn1. The summed E-state index contributed by atoms with van der Waals surface area (Å²) in [6.45, 7) is 1.16. The van der Waals surface area contributed by atoms with Crippen molar-refractivity contribution in [2.45, 2.75) is 29.2 Å². The van der Waals surface area contributed by atoms with Crippen LogP contribution in [0.15, 0.2) is 28.3 Å². The molecule has 1 aromatic rings. The Morgan fingerprint density at radius 1 is 1.27 bits per heavy atom. The molecule has 0 aliphatic carbocycles. The lowest BCUT2D eigenvalue weighted by atomic mass is 10.2. The van der Waals surface area contributed by atoms with Crippen LogP contribution in [0.25, 0.3) is 0 Å². The number of thioether (sulfide) groups is 1. The number of amides is 1. The van der Waals surface area contributed by atoms with E-state index < -0.39 is 10.0 Å². The Labute approximate surface area is 135 Å². The van der Waals surface area contributed by atoms with Gasteiger partial charge in [0.1, 0.15) is 4.90 Å². The van der Waals surface area contributed by atoms with E-state index in [4.69, 9.17) is 0 Å². The molecule has 1 fully saturated rings. The zero-order valence-corrected chi connectivity index (χ0v) is 14.5. The van der Waals surface area contributed by atoms with E-state index in [1.54, 1.807) is 26.2 Å². The molecule has 0 radical (unpaired) electrons. The van der Waals surface area contributed by atoms with Crippen LogP contribution in [0.5, 0.6) is 0 Å². The van der Waals surface area contributed by atoms with Gasteiger partial charge < -0.3 is 4.90 Å². The average Bonchev–Trinajstić information content (AvgIpc) is 2.53. The van der Waals surface area contributed by atoms with Crippen LogP contribution in [0.2, 0.25) is 0 Å². The molecule has 0 atom stereocenters. The molecule has 0 bridgehead atoms.